The van der Waals surface area contributed by atoms with Gasteiger partial charge in [0.2, 0.25) is 10.9 Å². The fourth-order valence-corrected chi connectivity index (χ4v) is 2.65. The molecule has 2 heterocycles. The van der Waals surface area contributed by atoms with Crippen LogP contribution >= 0.6 is 0 Å². The van der Waals surface area contributed by atoms with Crippen LogP contribution in [0.4, 0.5) is 0 Å². The number of nitrogens with one attached hydrogen (secondary N) is 1. The summed E-state index contributed by atoms with van der Waals surface area (Å²) >= 11 is 0. The predicted molar refractivity (Wildman–Crippen MR) is 88.4 cm³/mol. The summed E-state index contributed by atoms with van der Waals surface area (Å²) in [4.78, 5) is 15.0. The van der Waals surface area contributed by atoms with Crippen molar-refractivity contribution in [3.05, 3.63) is 36.4 Å². The number of hydrogen-bond donors (Lipinski definition) is 2. The van der Waals surface area contributed by atoms with E-state index in [0.29, 0.717) is 11.3 Å². The predicted octanol–water partition coefficient (Wildman–Crippen LogP) is 0.769. The summed E-state index contributed by atoms with van der Waals surface area (Å²) in [6.45, 7) is -0.254. The molecule has 3 N–H and O–H groups in total. The van der Waals surface area contributed by atoms with Crippen LogP contribution in [0.25, 0.3) is 23.0 Å². The molecule has 0 fully saturated rings. The van der Waals surface area contributed by atoms with Gasteiger partial charge in [-0.25, -0.2) is 13.1 Å². The number of carbonyl (C=O) groups excluding carboxylic acids is 1. The van der Waals surface area contributed by atoms with E-state index in [2.05, 4.69) is 14.9 Å². The Hall–Kier alpha value is -3.18. The minimum absolute atomic E-state index is 0.0148. The molecule has 1 aromatic carbocycles. The van der Waals surface area contributed by atoms with E-state index in [1.165, 1.54) is 19.2 Å². The first-order valence-electron chi connectivity index (χ1n) is 7.28. The normalized spacial score (nSPS) is 11.4. The fourth-order valence-electron chi connectivity index (χ4n) is 2.00. The average Bonchev–Trinajstić information content (AvgIpc) is 3.29. The van der Waals surface area contributed by atoms with Gasteiger partial charge in [-0.2, -0.15) is 4.98 Å². The Morgan fingerprint density at radius 2 is 2.12 bits per heavy atom. The Bertz CT molecular complexity index is 1040. The van der Waals surface area contributed by atoms with Crippen molar-refractivity contribution in [2.45, 2.75) is 5.09 Å². The van der Waals surface area contributed by atoms with Gasteiger partial charge in [-0.05, 0) is 31.3 Å². The second-order valence-electron chi connectivity index (χ2n) is 5.03. The number of benzene rings is 1. The number of rotatable bonds is 7. The monoisotopic (exact) mass is 378 g/mol. The highest BCUT2D eigenvalue weighted by molar-refractivity contribution is 7.89. The third-order valence-corrected chi connectivity index (χ3v) is 4.51. The first kappa shape index (κ1) is 17.6. The first-order chi connectivity index (χ1) is 12.4. The van der Waals surface area contributed by atoms with Gasteiger partial charge in [0, 0.05) is 5.56 Å². The summed E-state index contributed by atoms with van der Waals surface area (Å²) in [6, 6.07) is 9.35. The minimum Gasteiger partial charge on any atom is -0.484 e. The summed E-state index contributed by atoms with van der Waals surface area (Å²) in [6.07, 6.45) is 0. The molecule has 2 aromatic heterocycles. The standard InChI is InChI=1S/C15H14N4O6S/c1-17-26(21,22)13-6-5-11(24-13)15-18-14(19-25-15)9-3-2-4-10(7-9)23-8-12(16)20/h2-7,17H,8H2,1H3,(H2,16,20). The number of ether oxygens (including phenoxy) is 1. The first-order valence-corrected chi connectivity index (χ1v) is 8.76. The molecule has 0 aliphatic heterocycles. The van der Waals surface area contributed by atoms with E-state index in [-0.39, 0.29) is 29.2 Å². The van der Waals surface area contributed by atoms with E-state index in [0.717, 1.165) is 0 Å². The van der Waals surface area contributed by atoms with E-state index in [4.69, 9.17) is 19.4 Å². The number of nitrogens with zero attached hydrogens (tertiary/aromatic N) is 2. The van der Waals surface area contributed by atoms with Crippen LogP contribution in [0.1, 0.15) is 0 Å². The third-order valence-electron chi connectivity index (χ3n) is 3.23. The van der Waals surface area contributed by atoms with Crippen LogP contribution < -0.4 is 15.2 Å². The molecule has 0 aliphatic carbocycles. The summed E-state index contributed by atoms with van der Waals surface area (Å²) in [5, 5.41) is 3.57. The van der Waals surface area contributed by atoms with Crippen LogP contribution in [0.2, 0.25) is 0 Å². The number of primary amides is 1. The Morgan fingerprint density at radius 1 is 1.31 bits per heavy atom. The second-order valence-corrected chi connectivity index (χ2v) is 6.85. The fraction of sp³-hybridized carbons (Fsp3) is 0.133. The van der Waals surface area contributed by atoms with Crippen LogP contribution in [-0.4, -0.2) is 38.1 Å². The number of furan rings is 1. The maximum Gasteiger partial charge on any atom is 0.293 e. The van der Waals surface area contributed by atoms with Gasteiger partial charge in [0.15, 0.2) is 12.4 Å². The third kappa shape index (κ3) is 3.73. The average molecular weight is 378 g/mol. The number of aromatic nitrogens is 2. The maximum atomic E-state index is 11.7. The molecule has 26 heavy (non-hydrogen) atoms. The summed E-state index contributed by atoms with van der Waals surface area (Å²) in [5.74, 6) is 0.175. The lowest BCUT2D eigenvalue weighted by molar-refractivity contribution is -0.119. The lowest BCUT2D eigenvalue weighted by atomic mass is 10.2. The molecule has 0 spiro atoms. The van der Waals surface area contributed by atoms with Gasteiger partial charge < -0.3 is 19.4 Å². The van der Waals surface area contributed by atoms with Gasteiger partial charge in [0.1, 0.15) is 5.75 Å². The quantitative estimate of drug-likeness (QED) is 0.612. The van der Waals surface area contributed by atoms with Crippen LogP contribution in [0.5, 0.6) is 5.75 Å². The highest BCUT2D eigenvalue weighted by Gasteiger charge is 2.20. The molecule has 0 radical (unpaired) electrons. The smallest absolute Gasteiger partial charge is 0.293 e. The zero-order valence-electron chi connectivity index (χ0n) is 13.5. The molecule has 136 valence electrons. The summed E-state index contributed by atoms with van der Waals surface area (Å²) in [5.41, 5.74) is 5.60. The van der Waals surface area contributed by atoms with Gasteiger partial charge in [-0.15, -0.1) is 0 Å². The molecule has 11 heteroatoms. The van der Waals surface area contributed by atoms with E-state index >= 15 is 0 Å². The van der Waals surface area contributed by atoms with Crippen molar-refractivity contribution in [2.24, 2.45) is 5.73 Å². The van der Waals surface area contributed by atoms with Crippen molar-refractivity contribution < 1.29 is 26.9 Å². The zero-order chi connectivity index (χ0) is 18.7. The van der Waals surface area contributed by atoms with Crippen LogP contribution in [0.3, 0.4) is 0 Å². The van der Waals surface area contributed by atoms with E-state index in [1.807, 2.05) is 0 Å². The van der Waals surface area contributed by atoms with Gasteiger partial charge in [-0.3, -0.25) is 4.79 Å². The van der Waals surface area contributed by atoms with Crippen LogP contribution in [-0.2, 0) is 14.8 Å². The van der Waals surface area contributed by atoms with E-state index in [1.54, 1.807) is 24.3 Å². The van der Waals surface area contributed by atoms with Crippen molar-refractivity contribution in [2.75, 3.05) is 13.7 Å². The molecule has 3 aromatic rings. The van der Waals surface area contributed by atoms with Gasteiger partial charge >= 0.3 is 0 Å². The van der Waals surface area contributed by atoms with Crippen molar-refractivity contribution in [1.82, 2.24) is 14.9 Å². The molecule has 0 aliphatic rings. The Labute approximate surface area is 148 Å². The van der Waals surface area contributed by atoms with Gasteiger partial charge in [0.05, 0.1) is 0 Å². The lowest BCUT2D eigenvalue weighted by Gasteiger charge is -2.04. The number of nitrogens with two attached hydrogens (primary N) is 1. The van der Waals surface area contributed by atoms with Crippen LogP contribution in [0.15, 0.2) is 50.4 Å². The molecule has 3 rings (SSSR count). The molecule has 0 saturated heterocycles. The van der Waals surface area contributed by atoms with Crippen molar-refractivity contribution in [1.29, 1.82) is 0 Å². The Morgan fingerprint density at radius 3 is 2.85 bits per heavy atom. The Kier molecular flexibility index (Phi) is 4.73. The molecule has 0 bridgehead atoms. The maximum absolute atomic E-state index is 11.7. The minimum atomic E-state index is -3.71. The molecule has 1 amide bonds. The molecule has 0 unspecified atom stereocenters. The SMILES string of the molecule is CNS(=O)(=O)c1ccc(-c2nc(-c3cccc(OCC(N)=O)c3)no2)o1. The highest BCUT2D eigenvalue weighted by Crippen LogP contribution is 2.27. The Balaban J connectivity index is 1.84. The largest absolute Gasteiger partial charge is 0.484 e. The topological polar surface area (TPSA) is 151 Å². The van der Waals surface area contributed by atoms with Crippen molar-refractivity contribution >= 4 is 15.9 Å². The molecule has 0 saturated carbocycles. The summed E-state index contributed by atoms with van der Waals surface area (Å²) < 4.78 is 41.1. The van der Waals surface area contributed by atoms with Gasteiger partial charge in [0.25, 0.3) is 21.8 Å². The number of hydrogen-bond acceptors (Lipinski definition) is 8. The second kappa shape index (κ2) is 6.98. The number of amides is 1. The van der Waals surface area contributed by atoms with Crippen LogP contribution in [0, 0.1) is 0 Å². The molecule has 0 atom stereocenters. The van der Waals surface area contributed by atoms with Crippen molar-refractivity contribution in [3.63, 3.8) is 0 Å². The zero-order valence-corrected chi connectivity index (χ0v) is 14.3. The highest BCUT2D eigenvalue weighted by atomic mass is 32.2. The van der Waals surface area contributed by atoms with Gasteiger partial charge in [-0.1, -0.05) is 17.3 Å². The lowest BCUT2D eigenvalue weighted by Crippen LogP contribution is -2.19. The molecule has 10 nitrogen and oxygen atoms in total. The van der Waals surface area contributed by atoms with E-state index < -0.39 is 15.9 Å². The molecular weight excluding hydrogens is 364 g/mol. The molecular formula is C15H14N4O6S. The van der Waals surface area contributed by atoms with Crippen molar-refractivity contribution in [3.8, 4) is 28.8 Å². The summed E-state index contributed by atoms with van der Waals surface area (Å²) in [7, 11) is -2.44. The number of carbonyl (C=O) groups is 1. The van der Waals surface area contributed by atoms with E-state index in [9.17, 15) is 13.2 Å². The number of sulfonamides is 1.